The molecule has 0 saturated heterocycles. The van der Waals surface area contributed by atoms with E-state index in [1.54, 1.807) is 7.05 Å². The number of nitrogens with zero attached hydrogens (tertiary/aromatic N) is 1. The highest BCUT2D eigenvalue weighted by molar-refractivity contribution is 5.22. The van der Waals surface area contributed by atoms with Crippen LogP contribution in [0.2, 0.25) is 0 Å². The molecule has 0 aromatic rings. The summed E-state index contributed by atoms with van der Waals surface area (Å²) in [5, 5.41) is 0. The van der Waals surface area contributed by atoms with Crippen LogP contribution in [0.5, 0.6) is 0 Å². The predicted octanol–water partition coefficient (Wildman–Crippen LogP) is 2.15. The minimum Gasteiger partial charge on any atom is -0.304 e. The van der Waals surface area contributed by atoms with Crippen LogP contribution >= 0.6 is 0 Å². The largest absolute Gasteiger partial charge is 0.304 e. The summed E-state index contributed by atoms with van der Waals surface area (Å²) in [6, 6.07) is 0. The molecule has 0 amide bonds. The van der Waals surface area contributed by atoms with E-state index >= 15 is 0 Å². The molecule has 1 heteroatoms. The van der Waals surface area contributed by atoms with Crippen LogP contribution in [0.3, 0.4) is 0 Å². The minimum atomic E-state index is 0.648. The molecule has 0 heterocycles. The maximum Gasteiger partial charge on any atom is 0.0269 e. The highest BCUT2D eigenvalue weighted by Gasteiger charge is 1.73. The summed E-state index contributed by atoms with van der Waals surface area (Å²) in [6.07, 6.45) is 1.92. The van der Waals surface area contributed by atoms with Gasteiger partial charge >= 0.3 is 0 Å². The number of rotatable bonds is 1. The first-order valence-corrected chi connectivity index (χ1v) is 2.66. The van der Waals surface area contributed by atoms with Gasteiger partial charge in [0.15, 0.2) is 0 Å². The fourth-order valence-corrected chi connectivity index (χ4v) is 0. The predicted molar refractivity (Wildman–Crippen MR) is 40.5 cm³/mol. The molecule has 0 rings (SSSR count). The second kappa shape index (κ2) is 9.65. The van der Waals surface area contributed by atoms with Crippen LogP contribution in [0.25, 0.3) is 0 Å². The van der Waals surface area contributed by atoms with Crippen molar-refractivity contribution in [1.82, 2.24) is 0 Å². The molecule has 0 fully saturated rings. The standard InChI is InChI=1S/C5H10.C2H5N/c1-4-5(2)3;1-3-2/h4-5H,1H2,2-3H3;1H2,2H3. The maximum absolute atomic E-state index is 3.56. The highest BCUT2D eigenvalue weighted by atomic mass is 14.6. The van der Waals surface area contributed by atoms with Crippen molar-refractivity contribution < 1.29 is 0 Å². The Morgan fingerprint density at radius 1 is 1.50 bits per heavy atom. The van der Waals surface area contributed by atoms with Crippen molar-refractivity contribution in [2.45, 2.75) is 13.8 Å². The summed E-state index contributed by atoms with van der Waals surface area (Å²) in [7, 11) is 1.64. The molecular formula is C7H15N. The fourth-order valence-electron chi connectivity index (χ4n) is 0. The lowest BCUT2D eigenvalue weighted by molar-refractivity contribution is 0.835. The minimum absolute atomic E-state index is 0.648. The molecule has 0 aromatic carbocycles. The molecule has 0 unspecified atom stereocenters. The summed E-state index contributed by atoms with van der Waals surface area (Å²) in [5.74, 6) is 0.648. The summed E-state index contributed by atoms with van der Waals surface area (Å²) < 4.78 is 0. The van der Waals surface area contributed by atoms with Gasteiger partial charge in [-0.3, -0.25) is 0 Å². The van der Waals surface area contributed by atoms with E-state index < -0.39 is 0 Å². The van der Waals surface area contributed by atoms with E-state index in [0.29, 0.717) is 5.92 Å². The summed E-state index contributed by atoms with van der Waals surface area (Å²) in [4.78, 5) is 3.25. The van der Waals surface area contributed by atoms with Crippen LogP contribution < -0.4 is 0 Å². The van der Waals surface area contributed by atoms with Gasteiger partial charge in [-0.05, 0) is 12.6 Å². The van der Waals surface area contributed by atoms with Crippen molar-refractivity contribution in [2.24, 2.45) is 10.9 Å². The van der Waals surface area contributed by atoms with Gasteiger partial charge in [-0.25, -0.2) is 0 Å². The molecule has 0 aliphatic heterocycles. The molecule has 0 radical (unpaired) electrons. The van der Waals surface area contributed by atoms with Gasteiger partial charge < -0.3 is 4.99 Å². The smallest absolute Gasteiger partial charge is 0.0269 e. The van der Waals surface area contributed by atoms with E-state index in [1.807, 2.05) is 6.08 Å². The van der Waals surface area contributed by atoms with E-state index in [1.165, 1.54) is 0 Å². The Morgan fingerprint density at radius 2 is 1.62 bits per heavy atom. The van der Waals surface area contributed by atoms with Gasteiger partial charge in [-0.15, -0.1) is 6.58 Å². The van der Waals surface area contributed by atoms with E-state index in [4.69, 9.17) is 0 Å². The molecule has 0 aliphatic rings. The Labute approximate surface area is 52.1 Å². The molecule has 0 bridgehead atoms. The molecule has 1 nitrogen and oxygen atoms in total. The molecule has 0 N–H and O–H groups in total. The van der Waals surface area contributed by atoms with Gasteiger partial charge in [0.1, 0.15) is 0 Å². The lowest BCUT2D eigenvalue weighted by atomic mass is 10.2. The number of hydrogen-bond acceptors (Lipinski definition) is 1. The molecule has 0 atom stereocenters. The second-order valence-corrected chi connectivity index (χ2v) is 1.80. The first-order chi connectivity index (χ1) is 3.68. The Balaban J connectivity index is 0. The molecule has 0 aromatic heterocycles. The van der Waals surface area contributed by atoms with Crippen LogP contribution in [-0.4, -0.2) is 13.8 Å². The van der Waals surface area contributed by atoms with Crippen molar-refractivity contribution in [3.63, 3.8) is 0 Å². The first-order valence-electron chi connectivity index (χ1n) is 2.66. The zero-order valence-electron chi connectivity index (χ0n) is 6.02. The molecule has 0 saturated carbocycles. The van der Waals surface area contributed by atoms with E-state index in [9.17, 15) is 0 Å². The second-order valence-electron chi connectivity index (χ2n) is 1.80. The highest BCUT2D eigenvalue weighted by Crippen LogP contribution is 1.87. The lowest BCUT2D eigenvalue weighted by Crippen LogP contribution is -1.71. The zero-order valence-corrected chi connectivity index (χ0v) is 6.02. The van der Waals surface area contributed by atoms with Crippen LogP contribution in [0, 0.1) is 5.92 Å². The van der Waals surface area contributed by atoms with Gasteiger partial charge in [0, 0.05) is 7.05 Å². The normalized spacial score (nSPS) is 7.00. The molecule has 8 heavy (non-hydrogen) atoms. The quantitative estimate of drug-likeness (QED) is 0.365. The monoisotopic (exact) mass is 113 g/mol. The van der Waals surface area contributed by atoms with Crippen molar-refractivity contribution >= 4 is 6.72 Å². The maximum atomic E-state index is 3.56. The Hall–Kier alpha value is -0.590. The van der Waals surface area contributed by atoms with Gasteiger partial charge in [-0.1, -0.05) is 19.9 Å². The van der Waals surface area contributed by atoms with Gasteiger partial charge in [0.25, 0.3) is 0 Å². The molecule has 0 spiro atoms. The number of allylic oxidation sites excluding steroid dienone is 1. The van der Waals surface area contributed by atoms with Crippen LogP contribution in [0.15, 0.2) is 17.6 Å². The lowest BCUT2D eigenvalue weighted by Gasteiger charge is -1.84. The van der Waals surface area contributed by atoms with E-state index in [-0.39, 0.29) is 0 Å². The summed E-state index contributed by atoms with van der Waals surface area (Å²) >= 11 is 0. The zero-order chi connectivity index (χ0) is 6.99. The Bertz CT molecular complexity index is 55.4. The molecule has 0 aliphatic carbocycles. The van der Waals surface area contributed by atoms with Gasteiger partial charge in [-0.2, -0.15) is 0 Å². The SMILES string of the molecule is C=CC(C)C.C=NC. The fraction of sp³-hybridized carbons (Fsp3) is 0.571. The number of aliphatic imine (C=N–C) groups is 1. The average molecular weight is 113 g/mol. The first kappa shape index (κ1) is 10.4. The topological polar surface area (TPSA) is 12.4 Å². The average Bonchev–Trinajstić information content (AvgIpc) is 1.69. The summed E-state index contributed by atoms with van der Waals surface area (Å²) in [5.41, 5.74) is 0. The van der Waals surface area contributed by atoms with Gasteiger partial charge in [0.2, 0.25) is 0 Å². The van der Waals surface area contributed by atoms with Crippen molar-refractivity contribution in [3.8, 4) is 0 Å². The Morgan fingerprint density at radius 3 is 1.62 bits per heavy atom. The van der Waals surface area contributed by atoms with E-state index in [2.05, 4.69) is 32.1 Å². The Kier molecular flexibility index (Phi) is 12.5. The van der Waals surface area contributed by atoms with Crippen molar-refractivity contribution in [2.75, 3.05) is 7.05 Å². The van der Waals surface area contributed by atoms with Crippen molar-refractivity contribution in [3.05, 3.63) is 12.7 Å². The van der Waals surface area contributed by atoms with Gasteiger partial charge in [0.05, 0.1) is 0 Å². The van der Waals surface area contributed by atoms with E-state index in [0.717, 1.165) is 0 Å². The molecular weight excluding hydrogens is 98.1 g/mol. The summed E-state index contributed by atoms with van der Waals surface area (Å²) in [6.45, 7) is 10.9. The third kappa shape index (κ3) is 52.9. The van der Waals surface area contributed by atoms with Crippen LogP contribution in [0.1, 0.15) is 13.8 Å². The van der Waals surface area contributed by atoms with Crippen LogP contribution in [0.4, 0.5) is 0 Å². The third-order valence-corrected chi connectivity index (χ3v) is 0.471. The third-order valence-electron chi connectivity index (χ3n) is 0.471. The number of hydrogen-bond donors (Lipinski definition) is 0. The van der Waals surface area contributed by atoms with Crippen LogP contribution in [-0.2, 0) is 0 Å². The molecule has 48 valence electrons. The van der Waals surface area contributed by atoms with Crippen molar-refractivity contribution in [1.29, 1.82) is 0 Å².